The van der Waals surface area contributed by atoms with Crippen molar-refractivity contribution in [1.82, 2.24) is 0 Å². The molecule has 0 unspecified atom stereocenters. The molecule has 0 aliphatic heterocycles. The third-order valence-electron chi connectivity index (χ3n) is 3.31. The molecule has 5 nitrogen and oxygen atoms in total. The Kier molecular flexibility index (Phi) is 4.11. The Morgan fingerprint density at radius 1 is 1.15 bits per heavy atom. The van der Waals surface area contributed by atoms with Crippen LogP contribution in [0.25, 0.3) is 11.0 Å². The van der Waals surface area contributed by atoms with E-state index in [0.29, 0.717) is 16.7 Å². The van der Waals surface area contributed by atoms with Crippen molar-refractivity contribution >= 4 is 11.0 Å². The highest BCUT2D eigenvalue weighted by molar-refractivity contribution is 5.82. The van der Waals surface area contributed by atoms with Crippen molar-refractivity contribution in [1.29, 1.82) is 0 Å². The second kappa shape index (κ2) is 5.64. The normalized spacial score (nSPS) is 14.5. The molecule has 0 bridgehead atoms. The fourth-order valence-corrected chi connectivity index (χ4v) is 2.13. The van der Waals surface area contributed by atoms with E-state index in [0.717, 1.165) is 0 Å². The first-order valence-electron chi connectivity index (χ1n) is 6.42. The molecule has 20 heavy (non-hydrogen) atoms. The summed E-state index contributed by atoms with van der Waals surface area (Å²) < 4.78 is 10.4. The first kappa shape index (κ1) is 14.6. The van der Waals surface area contributed by atoms with Gasteiger partial charge in [-0.3, -0.25) is 0 Å². The van der Waals surface area contributed by atoms with Gasteiger partial charge in [-0.15, -0.1) is 0 Å². The molecule has 1 aromatic carbocycles. The van der Waals surface area contributed by atoms with Crippen LogP contribution in [0, 0.1) is 5.92 Å². The van der Waals surface area contributed by atoms with Gasteiger partial charge in [0.15, 0.2) is 0 Å². The third kappa shape index (κ3) is 2.55. The zero-order valence-electron chi connectivity index (χ0n) is 11.7. The van der Waals surface area contributed by atoms with Crippen LogP contribution in [0.4, 0.5) is 0 Å². The minimum absolute atomic E-state index is 0.152. The number of benzene rings is 1. The van der Waals surface area contributed by atoms with Gasteiger partial charge in [-0.1, -0.05) is 13.8 Å². The largest absolute Gasteiger partial charge is 0.496 e. The average molecular weight is 278 g/mol. The van der Waals surface area contributed by atoms with Crippen LogP contribution in [0.15, 0.2) is 33.5 Å². The molecule has 2 N–H and O–H groups in total. The fourth-order valence-electron chi connectivity index (χ4n) is 2.13. The lowest BCUT2D eigenvalue weighted by molar-refractivity contribution is -0.0102. The van der Waals surface area contributed by atoms with Crippen molar-refractivity contribution in [3.63, 3.8) is 0 Å². The van der Waals surface area contributed by atoms with Crippen LogP contribution in [-0.4, -0.2) is 23.4 Å². The third-order valence-corrected chi connectivity index (χ3v) is 3.31. The number of aliphatic hydroxyl groups is 2. The van der Waals surface area contributed by atoms with Gasteiger partial charge in [0.1, 0.15) is 17.4 Å². The van der Waals surface area contributed by atoms with Crippen LogP contribution in [0.3, 0.4) is 0 Å². The SMILES string of the molecule is COc1ccc2ccc(=O)oc2c1[C@@H](O)[C@@H](O)C(C)C. The summed E-state index contributed by atoms with van der Waals surface area (Å²) in [4.78, 5) is 11.4. The van der Waals surface area contributed by atoms with E-state index in [4.69, 9.17) is 9.15 Å². The van der Waals surface area contributed by atoms with Crippen molar-refractivity contribution < 1.29 is 19.4 Å². The minimum atomic E-state index is -1.20. The maximum atomic E-state index is 11.4. The van der Waals surface area contributed by atoms with Gasteiger partial charge in [-0.2, -0.15) is 0 Å². The van der Waals surface area contributed by atoms with Crippen LogP contribution in [0.2, 0.25) is 0 Å². The van der Waals surface area contributed by atoms with Crippen LogP contribution in [-0.2, 0) is 0 Å². The van der Waals surface area contributed by atoms with Gasteiger partial charge in [0, 0.05) is 11.5 Å². The molecule has 2 rings (SSSR count). The smallest absolute Gasteiger partial charge is 0.336 e. The van der Waals surface area contributed by atoms with E-state index >= 15 is 0 Å². The highest BCUT2D eigenvalue weighted by atomic mass is 16.5. The molecular formula is C15H18O5. The topological polar surface area (TPSA) is 79.9 Å². The highest BCUT2D eigenvalue weighted by Gasteiger charge is 2.27. The zero-order valence-corrected chi connectivity index (χ0v) is 11.7. The summed E-state index contributed by atoms with van der Waals surface area (Å²) in [6.45, 7) is 3.59. The Bertz CT molecular complexity index is 659. The molecule has 0 aliphatic rings. The lowest BCUT2D eigenvalue weighted by Crippen LogP contribution is -2.24. The molecule has 1 aromatic heterocycles. The summed E-state index contributed by atoms with van der Waals surface area (Å²) in [5.74, 6) is 0.222. The molecule has 0 saturated heterocycles. The van der Waals surface area contributed by atoms with Gasteiger partial charge >= 0.3 is 5.63 Å². The minimum Gasteiger partial charge on any atom is -0.496 e. The van der Waals surface area contributed by atoms with E-state index in [2.05, 4.69) is 0 Å². The Hall–Kier alpha value is -1.85. The van der Waals surface area contributed by atoms with Crippen molar-refractivity contribution in [2.75, 3.05) is 7.11 Å². The summed E-state index contributed by atoms with van der Waals surface area (Å²) in [5, 5.41) is 21.1. The molecule has 2 atom stereocenters. The summed E-state index contributed by atoms with van der Waals surface area (Å²) in [6.07, 6.45) is -2.18. The van der Waals surface area contributed by atoms with E-state index in [-0.39, 0.29) is 11.5 Å². The summed E-state index contributed by atoms with van der Waals surface area (Å²) in [7, 11) is 1.46. The number of rotatable bonds is 4. The molecule has 1 heterocycles. The molecule has 0 amide bonds. The summed E-state index contributed by atoms with van der Waals surface area (Å²) in [5.41, 5.74) is 0.0196. The molecule has 5 heteroatoms. The van der Waals surface area contributed by atoms with Crippen molar-refractivity contribution in [2.45, 2.75) is 26.1 Å². The highest BCUT2D eigenvalue weighted by Crippen LogP contribution is 2.35. The second-order valence-corrected chi connectivity index (χ2v) is 5.03. The molecular weight excluding hydrogens is 260 g/mol. The number of aliphatic hydroxyl groups excluding tert-OH is 2. The maximum absolute atomic E-state index is 11.4. The predicted molar refractivity (Wildman–Crippen MR) is 74.8 cm³/mol. The van der Waals surface area contributed by atoms with E-state index in [1.807, 2.05) is 0 Å². The van der Waals surface area contributed by atoms with Crippen molar-refractivity contribution in [3.8, 4) is 5.75 Å². The molecule has 2 aromatic rings. The second-order valence-electron chi connectivity index (χ2n) is 5.03. The maximum Gasteiger partial charge on any atom is 0.336 e. The quantitative estimate of drug-likeness (QED) is 0.834. The number of ether oxygens (including phenoxy) is 1. The standard InChI is InChI=1S/C15H18O5/c1-8(2)13(17)14(18)12-10(19-3)6-4-9-5-7-11(16)20-15(9)12/h4-8,13-14,17-18H,1-3H3/t13-,14+/m0/s1. The molecule has 0 aliphatic carbocycles. The number of hydrogen-bond acceptors (Lipinski definition) is 5. The van der Waals surface area contributed by atoms with Gasteiger partial charge in [-0.05, 0) is 24.1 Å². The van der Waals surface area contributed by atoms with Gasteiger partial charge in [0.05, 0.1) is 18.8 Å². The fraction of sp³-hybridized carbons (Fsp3) is 0.400. The first-order valence-corrected chi connectivity index (χ1v) is 6.42. The monoisotopic (exact) mass is 278 g/mol. The van der Waals surface area contributed by atoms with E-state index in [9.17, 15) is 15.0 Å². The number of methoxy groups -OCH3 is 1. The number of hydrogen-bond donors (Lipinski definition) is 2. The molecule has 0 spiro atoms. The Labute approximate surface area is 116 Å². The van der Waals surface area contributed by atoms with Crippen LogP contribution >= 0.6 is 0 Å². The van der Waals surface area contributed by atoms with Gasteiger partial charge < -0.3 is 19.4 Å². The summed E-state index contributed by atoms with van der Waals surface area (Å²) in [6, 6.07) is 6.32. The van der Waals surface area contributed by atoms with Crippen LogP contribution < -0.4 is 10.4 Å². The van der Waals surface area contributed by atoms with E-state index < -0.39 is 17.8 Å². The van der Waals surface area contributed by atoms with Crippen molar-refractivity contribution in [2.24, 2.45) is 5.92 Å². The zero-order chi connectivity index (χ0) is 14.9. The van der Waals surface area contributed by atoms with E-state index in [1.165, 1.54) is 13.2 Å². The lowest BCUT2D eigenvalue weighted by Gasteiger charge is -2.23. The number of fused-ring (bicyclic) bond motifs is 1. The predicted octanol–water partition coefficient (Wildman–Crippen LogP) is 1.85. The first-order chi connectivity index (χ1) is 9.45. The molecule has 0 saturated carbocycles. The lowest BCUT2D eigenvalue weighted by atomic mass is 9.94. The van der Waals surface area contributed by atoms with Crippen molar-refractivity contribution in [3.05, 3.63) is 40.2 Å². The average Bonchev–Trinajstić information content (AvgIpc) is 2.44. The molecule has 108 valence electrons. The van der Waals surface area contributed by atoms with Crippen LogP contribution in [0.1, 0.15) is 25.5 Å². The Morgan fingerprint density at radius 2 is 1.80 bits per heavy atom. The van der Waals surface area contributed by atoms with Gasteiger partial charge in [0.2, 0.25) is 0 Å². The van der Waals surface area contributed by atoms with Gasteiger partial charge in [-0.25, -0.2) is 4.79 Å². The molecule has 0 radical (unpaired) electrons. The van der Waals surface area contributed by atoms with E-state index in [1.54, 1.807) is 32.0 Å². The van der Waals surface area contributed by atoms with Crippen LogP contribution in [0.5, 0.6) is 5.75 Å². The molecule has 0 fully saturated rings. The summed E-state index contributed by atoms with van der Waals surface area (Å²) >= 11 is 0. The Morgan fingerprint density at radius 3 is 2.40 bits per heavy atom. The Balaban J connectivity index is 2.70. The van der Waals surface area contributed by atoms with Gasteiger partial charge in [0.25, 0.3) is 0 Å².